The molecule has 108 valence electrons. The Balaban J connectivity index is 2.18. The van der Waals surface area contributed by atoms with E-state index in [-0.39, 0.29) is 0 Å². The molecule has 0 radical (unpaired) electrons. The van der Waals surface area contributed by atoms with Gasteiger partial charge in [-0.15, -0.1) is 0 Å². The van der Waals surface area contributed by atoms with Gasteiger partial charge < -0.3 is 14.6 Å². The van der Waals surface area contributed by atoms with E-state index >= 15 is 0 Å². The molecule has 1 aromatic carbocycles. The van der Waals surface area contributed by atoms with E-state index in [2.05, 4.69) is 5.10 Å². The summed E-state index contributed by atoms with van der Waals surface area (Å²) in [5, 5.41) is 14.6. The smallest absolute Gasteiger partial charge is 0.162 e. The van der Waals surface area contributed by atoms with Gasteiger partial charge in [0, 0.05) is 13.0 Å². The summed E-state index contributed by atoms with van der Waals surface area (Å²) in [6.07, 6.45) is 1.49. The van der Waals surface area contributed by atoms with Gasteiger partial charge in [-0.25, -0.2) is 0 Å². The fourth-order valence-corrected chi connectivity index (χ4v) is 2.20. The van der Waals surface area contributed by atoms with Gasteiger partial charge in [-0.2, -0.15) is 5.10 Å². The molecule has 0 aliphatic heterocycles. The molecule has 0 bridgehead atoms. The molecular weight excluding hydrogens is 256 g/mol. The van der Waals surface area contributed by atoms with E-state index in [1.807, 2.05) is 31.2 Å². The van der Waals surface area contributed by atoms with Gasteiger partial charge in [-0.3, -0.25) is 4.68 Å². The Morgan fingerprint density at radius 1 is 1.20 bits per heavy atom. The Morgan fingerprint density at radius 3 is 2.45 bits per heavy atom. The van der Waals surface area contributed by atoms with Crippen LogP contribution in [-0.4, -0.2) is 29.1 Å². The quantitative estimate of drug-likeness (QED) is 0.878. The molecule has 0 saturated heterocycles. The Bertz CT molecular complexity index is 527. The highest BCUT2D eigenvalue weighted by atomic mass is 16.5. The van der Waals surface area contributed by atoms with Gasteiger partial charge in [0.25, 0.3) is 0 Å². The summed E-state index contributed by atoms with van der Waals surface area (Å²) < 4.78 is 12.1. The fraction of sp³-hybridized carbons (Fsp3) is 0.400. The van der Waals surface area contributed by atoms with Gasteiger partial charge in [0.05, 0.1) is 20.4 Å². The van der Waals surface area contributed by atoms with Crippen molar-refractivity contribution in [2.24, 2.45) is 0 Å². The van der Waals surface area contributed by atoms with Crippen LogP contribution in [0.3, 0.4) is 0 Å². The molecule has 0 aliphatic carbocycles. The summed E-state index contributed by atoms with van der Waals surface area (Å²) in [6.45, 7) is 2.68. The zero-order chi connectivity index (χ0) is 14.5. The average Bonchev–Trinajstić information content (AvgIpc) is 2.91. The van der Waals surface area contributed by atoms with Gasteiger partial charge in [0.2, 0.25) is 0 Å². The van der Waals surface area contributed by atoms with Crippen LogP contribution in [0, 0.1) is 0 Å². The molecule has 0 aliphatic rings. The standard InChI is InChI=1S/C15H20N2O3/c1-4-17-15(14(20-3)10-16-17)13(18)9-11-5-7-12(19-2)8-6-11/h5-8,10,13,18H,4,9H2,1-3H3. The third kappa shape index (κ3) is 2.93. The number of hydrogen-bond acceptors (Lipinski definition) is 4. The number of hydrogen-bond donors (Lipinski definition) is 1. The molecule has 0 saturated carbocycles. The van der Waals surface area contributed by atoms with Crippen molar-refractivity contribution < 1.29 is 14.6 Å². The van der Waals surface area contributed by atoms with Crippen molar-refractivity contribution in [3.63, 3.8) is 0 Å². The van der Waals surface area contributed by atoms with Crippen LogP contribution in [0.1, 0.15) is 24.3 Å². The minimum Gasteiger partial charge on any atom is -0.497 e. The van der Waals surface area contributed by atoms with E-state index in [1.54, 1.807) is 25.1 Å². The molecule has 1 N–H and O–H groups in total. The van der Waals surface area contributed by atoms with Crippen LogP contribution in [0.25, 0.3) is 0 Å². The first-order valence-corrected chi connectivity index (χ1v) is 6.60. The van der Waals surface area contributed by atoms with Crippen molar-refractivity contribution in [1.82, 2.24) is 9.78 Å². The van der Waals surface area contributed by atoms with Crippen LogP contribution in [-0.2, 0) is 13.0 Å². The third-order valence-corrected chi connectivity index (χ3v) is 3.27. The highest BCUT2D eigenvalue weighted by Crippen LogP contribution is 2.27. The predicted octanol–water partition coefficient (Wildman–Crippen LogP) is 2.20. The molecule has 1 aromatic heterocycles. The second kappa shape index (κ2) is 6.43. The minimum absolute atomic E-state index is 0.506. The first kappa shape index (κ1) is 14.4. The second-order valence-electron chi connectivity index (χ2n) is 4.48. The van der Waals surface area contributed by atoms with Gasteiger partial charge in [-0.1, -0.05) is 12.1 Å². The SMILES string of the molecule is CCn1ncc(OC)c1C(O)Cc1ccc(OC)cc1. The maximum absolute atomic E-state index is 10.4. The number of aromatic nitrogens is 2. The normalized spacial score (nSPS) is 12.2. The molecule has 2 rings (SSSR count). The Kier molecular flexibility index (Phi) is 4.63. The van der Waals surface area contributed by atoms with E-state index < -0.39 is 6.10 Å². The highest BCUT2D eigenvalue weighted by molar-refractivity contribution is 5.31. The first-order chi connectivity index (χ1) is 9.69. The topological polar surface area (TPSA) is 56.5 Å². The third-order valence-electron chi connectivity index (χ3n) is 3.27. The van der Waals surface area contributed by atoms with Gasteiger partial charge >= 0.3 is 0 Å². The van der Waals surface area contributed by atoms with Crippen LogP contribution in [0.15, 0.2) is 30.5 Å². The zero-order valence-electron chi connectivity index (χ0n) is 12.0. The Hall–Kier alpha value is -2.01. The second-order valence-corrected chi connectivity index (χ2v) is 4.48. The number of benzene rings is 1. The molecule has 5 heteroatoms. The lowest BCUT2D eigenvalue weighted by Crippen LogP contribution is -2.11. The van der Waals surface area contributed by atoms with Crippen LogP contribution in [0.5, 0.6) is 11.5 Å². The number of aliphatic hydroxyl groups is 1. The largest absolute Gasteiger partial charge is 0.497 e. The minimum atomic E-state index is -0.652. The molecule has 0 spiro atoms. The van der Waals surface area contributed by atoms with Crippen molar-refractivity contribution in [3.05, 3.63) is 41.7 Å². The van der Waals surface area contributed by atoms with Crippen molar-refractivity contribution in [2.45, 2.75) is 26.0 Å². The molecule has 20 heavy (non-hydrogen) atoms. The van der Waals surface area contributed by atoms with Crippen LogP contribution >= 0.6 is 0 Å². The molecule has 2 aromatic rings. The van der Waals surface area contributed by atoms with E-state index in [9.17, 15) is 5.11 Å². The summed E-state index contributed by atoms with van der Waals surface area (Å²) in [6, 6.07) is 7.66. The monoisotopic (exact) mass is 276 g/mol. The number of rotatable bonds is 6. The van der Waals surface area contributed by atoms with Gasteiger partial charge in [0.1, 0.15) is 17.5 Å². The molecule has 0 amide bonds. The molecular formula is C15H20N2O3. The van der Waals surface area contributed by atoms with Crippen molar-refractivity contribution in [1.29, 1.82) is 0 Å². The van der Waals surface area contributed by atoms with E-state index in [4.69, 9.17) is 9.47 Å². The zero-order valence-corrected chi connectivity index (χ0v) is 12.0. The number of ether oxygens (including phenoxy) is 2. The Labute approximate surface area is 118 Å². The lowest BCUT2D eigenvalue weighted by Gasteiger charge is -2.14. The highest BCUT2D eigenvalue weighted by Gasteiger charge is 2.19. The lowest BCUT2D eigenvalue weighted by atomic mass is 10.1. The summed E-state index contributed by atoms with van der Waals surface area (Å²) in [5.74, 6) is 1.42. The average molecular weight is 276 g/mol. The molecule has 1 unspecified atom stereocenters. The van der Waals surface area contributed by atoms with E-state index in [1.165, 1.54) is 0 Å². The van der Waals surface area contributed by atoms with Gasteiger partial charge in [-0.05, 0) is 24.6 Å². The number of aryl methyl sites for hydroxylation is 1. The summed E-state index contributed by atoms with van der Waals surface area (Å²) in [5.41, 5.74) is 1.75. The molecule has 0 fully saturated rings. The summed E-state index contributed by atoms with van der Waals surface area (Å²) in [4.78, 5) is 0. The predicted molar refractivity (Wildman–Crippen MR) is 76.1 cm³/mol. The summed E-state index contributed by atoms with van der Waals surface area (Å²) >= 11 is 0. The fourth-order valence-electron chi connectivity index (χ4n) is 2.20. The van der Waals surface area contributed by atoms with Gasteiger partial charge in [0.15, 0.2) is 5.75 Å². The lowest BCUT2D eigenvalue weighted by molar-refractivity contribution is 0.162. The molecule has 1 atom stereocenters. The Morgan fingerprint density at radius 2 is 1.90 bits per heavy atom. The maximum atomic E-state index is 10.4. The van der Waals surface area contributed by atoms with Crippen LogP contribution < -0.4 is 9.47 Å². The first-order valence-electron chi connectivity index (χ1n) is 6.60. The van der Waals surface area contributed by atoms with E-state index in [0.29, 0.717) is 24.4 Å². The number of nitrogens with zero attached hydrogens (tertiary/aromatic N) is 2. The van der Waals surface area contributed by atoms with Crippen LogP contribution in [0.2, 0.25) is 0 Å². The molecule has 5 nitrogen and oxygen atoms in total. The van der Waals surface area contributed by atoms with Crippen molar-refractivity contribution in [3.8, 4) is 11.5 Å². The van der Waals surface area contributed by atoms with Crippen LogP contribution in [0.4, 0.5) is 0 Å². The number of aliphatic hydroxyl groups excluding tert-OH is 1. The maximum Gasteiger partial charge on any atom is 0.162 e. The number of methoxy groups -OCH3 is 2. The van der Waals surface area contributed by atoms with Crippen molar-refractivity contribution in [2.75, 3.05) is 14.2 Å². The van der Waals surface area contributed by atoms with Crippen molar-refractivity contribution >= 4 is 0 Å². The summed E-state index contributed by atoms with van der Waals surface area (Å²) in [7, 11) is 3.22. The van der Waals surface area contributed by atoms with E-state index in [0.717, 1.165) is 11.3 Å². The molecule has 1 heterocycles.